The predicted molar refractivity (Wildman–Crippen MR) is 148 cm³/mol. The average molecular weight is 564 g/mol. The van der Waals surface area contributed by atoms with E-state index in [4.69, 9.17) is 18.9 Å². The molecule has 0 bridgehead atoms. The van der Waals surface area contributed by atoms with Crippen LogP contribution in [0.1, 0.15) is 73.8 Å². The van der Waals surface area contributed by atoms with E-state index in [0.29, 0.717) is 24.3 Å². The summed E-state index contributed by atoms with van der Waals surface area (Å²) >= 11 is 0. The molecule has 3 rings (SSSR count). The molecule has 1 aromatic rings. The Morgan fingerprint density at radius 3 is 2.10 bits per heavy atom. The molecule has 0 spiro atoms. The maximum Gasteiger partial charge on any atom is 0.415 e. The van der Waals surface area contributed by atoms with Crippen molar-refractivity contribution < 1.29 is 37.7 Å². The second kappa shape index (κ2) is 11.5. The third-order valence-corrected chi connectivity index (χ3v) is 5.96. The SMILES string of the molecule is CC(C)(C)OC(=O)NC/C(=C/F)COc1ccc2c(c1)C1CN(C(=O)OC(C)(C)C)CC1N2C(=O)OC(C)(C)C. The van der Waals surface area contributed by atoms with Crippen molar-refractivity contribution in [1.29, 1.82) is 0 Å². The number of nitrogens with one attached hydrogen (secondary N) is 1. The Morgan fingerprint density at radius 1 is 0.925 bits per heavy atom. The van der Waals surface area contributed by atoms with Crippen molar-refractivity contribution >= 4 is 24.0 Å². The van der Waals surface area contributed by atoms with Gasteiger partial charge >= 0.3 is 18.3 Å². The zero-order valence-electron chi connectivity index (χ0n) is 24.9. The molecular weight excluding hydrogens is 521 g/mol. The Kier molecular flexibility index (Phi) is 8.96. The summed E-state index contributed by atoms with van der Waals surface area (Å²) in [6.45, 7) is 16.5. The number of halogens is 1. The summed E-state index contributed by atoms with van der Waals surface area (Å²) in [4.78, 5) is 41.2. The molecular formula is C29H42FN3O7. The van der Waals surface area contributed by atoms with Crippen LogP contribution in [0.15, 0.2) is 30.1 Å². The van der Waals surface area contributed by atoms with E-state index >= 15 is 0 Å². The van der Waals surface area contributed by atoms with Crippen LogP contribution in [0, 0.1) is 0 Å². The van der Waals surface area contributed by atoms with Crippen molar-refractivity contribution in [3.05, 3.63) is 35.7 Å². The van der Waals surface area contributed by atoms with Crippen LogP contribution in [0.25, 0.3) is 0 Å². The molecule has 1 saturated heterocycles. The predicted octanol–water partition coefficient (Wildman–Crippen LogP) is 5.90. The summed E-state index contributed by atoms with van der Waals surface area (Å²) in [6.07, 6.45) is -1.22. The molecule has 0 aromatic heterocycles. The number of likely N-dealkylation sites (tertiary alicyclic amines) is 1. The number of alkyl carbamates (subject to hydrolysis) is 1. The van der Waals surface area contributed by atoms with E-state index in [-0.39, 0.29) is 37.2 Å². The number of carbonyl (C=O) groups excluding carboxylic acids is 3. The summed E-state index contributed by atoms with van der Waals surface area (Å²) in [5.74, 6) is 0.263. The number of ether oxygens (including phenoxy) is 4. The number of carbonyl (C=O) groups is 3. The monoisotopic (exact) mass is 563 g/mol. The minimum atomic E-state index is -0.704. The third-order valence-electron chi connectivity index (χ3n) is 5.96. The van der Waals surface area contributed by atoms with Gasteiger partial charge in [-0.3, -0.25) is 4.90 Å². The third kappa shape index (κ3) is 8.25. The Balaban J connectivity index is 1.77. The molecule has 2 heterocycles. The van der Waals surface area contributed by atoms with Gasteiger partial charge < -0.3 is 29.2 Å². The highest BCUT2D eigenvalue weighted by Crippen LogP contribution is 2.47. The molecule has 40 heavy (non-hydrogen) atoms. The molecule has 3 amide bonds. The van der Waals surface area contributed by atoms with E-state index in [1.54, 1.807) is 90.3 Å². The molecule has 2 aliphatic heterocycles. The Hall–Kier alpha value is -3.50. The quantitative estimate of drug-likeness (QED) is 0.445. The topological polar surface area (TPSA) is 107 Å². The van der Waals surface area contributed by atoms with E-state index in [2.05, 4.69) is 5.32 Å². The van der Waals surface area contributed by atoms with Crippen LogP contribution in [0.3, 0.4) is 0 Å². The molecule has 1 aromatic carbocycles. The number of benzene rings is 1. The molecule has 0 aliphatic carbocycles. The number of rotatable bonds is 5. The van der Waals surface area contributed by atoms with E-state index in [1.165, 1.54) is 0 Å². The van der Waals surface area contributed by atoms with E-state index in [9.17, 15) is 18.8 Å². The summed E-state index contributed by atoms with van der Waals surface area (Å²) in [5, 5.41) is 2.51. The largest absolute Gasteiger partial charge is 0.489 e. The van der Waals surface area contributed by atoms with Crippen LogP contribution in [-0.4, -0.2) is 72.3 Å². The van der Waals surface area contributed by atoms with Gasteiger partial charge in [0.15, 0.2) is 0 Å². The first-order chi connectivity index (χ1) is 18.4. The fraction of sp³-hybridized carbons (Fsp3) is 0.621. The molecule has 222 valence electrons. The first-order valence-corrected chi connectivity index (χ1v) is 13.4. The molecule has 1 N–H and O–H groups in total. The van der Waals surface area contributed by atoms with Crippen molar-refractivity contribution in [2.24, 2.45) is 0 Å². The fourth-order valence-electron chi connectivity index (χ4n) is 4.49. The standard InChI is InChI=1S/C29H42FN3O7/c1-27(2,3)38-24(34)31-14-18(13-30)17-37-19-10-11-22-20(12-19)21-15-32(25(35)39-28(4,5)6)16-23(21)33(22)26(36)40-29(7,8)9/h10-13,21,23H,14-17H2,1-9H3,(H,31,34)/b18-13-. The Labute approximate surface area is 235 Å². The first kappa shape index (κ1) is 31.0. The number of hydrogen-bond donors (Lipinski definition) is 1. The van der Waals surface area contributed by atoms with Crippen molar-refractivity contribution in [1.82, 2.24) is 10.2 Å². The van der Waals surface area contributed by atoms with Gasteiger partial charge in [0, 0.05) is 31.1 Å². The van der Waals surface area contributed by atoms with Gasteiger partial charge in [0.05, 0.1) is 18.1 Å². The average Bonchev–Trinajstić information content (AvgIpc) is 3.33. The van der Waals surface area contributed by atoms with Crippen LogP contribution < -0.4 is 15.0 Å². The van der Waals surface area contributed by atoms with Crippen LogP contribution in [-0.2, 0) is 14.2 Å². The summed E-state index contributed by atoms with van der Waals surface area (Å²) in [5.41, 5.74) is -0.334. The van der Waals surface area contributed by atoms with Crippen LogP contribution in [0.2, 0.25) is 0 Å². The van der Waals surface area contributed by atoms with Gasteiger partial charge in [-0.05, 0) is 86.1 Å². The number of anilines is 1. The minimum absolute atomic E-state index is 0.0850. The molecule has 11 heteroatoms. The first-order valence-electron chi connectivity index (χ1n) is 13.4. The van der Waals surface area contributed by atoms with Crippen molar-refractivity contribution in [2.45, 2.75) is 91.1 Å². The molecule has 0 radical (unpaired) electrons. The lowest BCUT2D eigenvalue weighted by Gasteiger charge is -2.29. The second-order valence-electron chi connectivity index (χ2n) is 13.0. The summed E-state index contributed by atoms with van der Waals surface area (Å²) < 4.78 is 35.8. The van der Waals surface area contributed by atoms with Crippen LogP contribution in [0.5, 0.6) is 5.75 Å². The minimum Gasteiger partial charge on any atom is -0.489 e. The Bertz CT molecular complexity index is 1150. The van der Waals surface area contributed by atoms with Crippen molar-refractivity contribution in [2.75, 3.05) is 31.1 Å². The molecule has 0 saturated carbocycles. The summed E-state index contributed by atoms with van der Waals surface area (Å²) in [6, 6.07) is 4.92. The second-order valence-corrected chi connectivity index (χ2v) is 13.0. The lowest BCUT2D eigenvalue weighted by molar-refractivity contribution is 0.0284. The molecule has 2 atom stereocenters. The van der Waals surface area contributed by atoms with E-state index < -0.39 is 35.1 Å². The highest BCUT2D eigenvalue weighted by atomic mass is 19.1. The smallest absolute Gasteiger partial charge is 0.415 e. The summed E-state index contributed by atoms with van der Waals surface area (Å²) in [7, 11) is 0. The van der Waals surface area contributed by atoms with E-state index in [0.717, 1.165) is 5.56 Å². The Morgan fingerprint density at radius 2 is 1.52 bits per heavy atom. The van der Waals surface area contributed by atoms with Gasteiger partial charge in [-0.2, -0.15) is 0 Å². The maximum atomic E-state index is 13.5. The van der Waals surface area contributed by atoms with Gasteiger partial charge in [-0.15, -0.1) is 0 Å². The normalized spacial score (nSPS) is 19.1. The van der Waals surface area contributed by atoms with Gasteiger partial charge in [-0.1, -0.05) is 0 Å². The molecule has 1 fully saturated rings. The van der Waals surface area contributed by atoms with Crippen LogP contribution in [0.4, 0.5) is 24.5 Å². The number of hydrogen-bond acceptors (Lipinski definition) is 7. The highest BCUT2D eigenvalue weighted by molar-refractivity contribution is 5.93. The van der Waals surface area contributed by atoms with Crippen LogP contribution >= 0.6 is 0 Å². The van der Waals surface area contributed by atoms with Gasteiger partial charge in [0.1, 0.15) is 29.2 Å². The lowest BCUT2D eigenvalue weighted by atomic mass is 9.98. The van der Waals surface area contributed by atoms with Gasteiger partial charge in [-0.25, -0.2) is 18.8 Å². The van der Waals surface area contributed by atoms with Crippen molar-refractivity contribution in [3.63, 3.8) is 0 Å². The number of fused-ring (bicyclic) bond motifs is 3. The van der Waals surface area contributed by atoms with Gasteiger partial charge in [0.2, 0.25) is 0 Å². The molecule has 10 nitrogen and oxygen atoms in total. The highest BCUT2D eigenvalue weighted by Gasteiger charge is 2.50. The van der Waals surface area contributed by atoms with Gasteiger partial charge in [0.25, 0.3) is 0 Å². The number of nitrogens with zero attached hydrogens (tertiary/aromatic N) is 2. The lowest BCUT2D eigenvalue weighted by Crippen LogP contribution is -2.44. The maximum absolute atomic E-state index is 13.5. The zero-order valence-corrected chi connectivity index (χ0v) is 24.9. The molecule has 2 unspecified atom stereocenters. The number of amides is 3. The zero-order chi connectivity index (χ0) is 30.0. The van der Waals surface area contributed by atoms with Crippen molar-refractivity contribution in [3.8, 4) is 5.75 Å². The fourth-order valence-corrected chi connectivity index (χ4v) is 4.49. The van der Waals surface area contributed by atoms with E-state index in [1.807, 2.05) is 0 Å². The molecule has 2 aliphatic rings.